The second-order valence-corrected chi connectivity index (χ2v) is 3.80. The van der Waals surface area contributed by atoms with Crippen molar-refractivity contribution in [3.8, 4) is 5.75 Å². The number of halogens is 1. The molecule has 1 aromatic heterocycles. The highest BCUT2D eigenvalue weighted by Gasteiger charge is 2.01. The zero-order chi connectivity index (χ0) is 9.42. The number of benzene rings is 1. The lowest BCUT2D eigenvalue weighted by atomic mass is 10.2. The van der Waals surface area contributed by atoms with Gasteiger partial charge in [0.1, 0.15) is 5.75 Å². The largest absolute Gasteiger partial charge is 0.507 e. The van der Waals surface area contributed by atoms with Crippen molar-refractivity contribution in [3.05, 3.63) is 34.4 Å². The van der Waals surface area contributed by atoms with Crippen LogP contribution in [-0.2, 0) is 0 Å². The summed E-state index contributed by atoms with van der Waals surface area (Å²) in [5.74, 6) is 0.227. The average molecular weight is 238 g/mol. The summed E-state index contributed by atoms with van der Waals surface area (Å²) in [7, 11) is 0. The Labute approximate surface area is 84.4 Å². The van der Waals surface area contributed by atoms with E-state index in [9.17, 15) is 5.11 Å². The quantitative estimate of drug-likeness (QED) is 0.765. The van der Waals surface area contributed by atoms with Gasteiger partial charge in [0.2, 0.25) is 0 Å². The number of rotatable bonds is 0. The van der Waals surface area contributed by atoms with Gasteiger partial charge in [0.05, 0.1) is 9.99 Å². The van der Waals surface area contributed by atoms with E-state index < -0.39 is 0 Å². The molecule has 2 rings (SSSR count). The Hall–Kier alpha value is -1.09. The molecule has 3 heteroatoms. The zero-order valence-electron chi connectivity index (χ0n) is 7.08. The van der Waals surface area contributed by atoms with E-state index in [-0.39, 0.29) is 5.75 Å². The highest BCUT2D eigenvalue weighted by atomic mass is 79.9. The van der Waals surface area contributed by atoms with Crippen molar-refractivity contribution in [2.75, 3.05) is 0 Å². The minimum atomic E-state index is 0.227. The molecule has 0 aliphatic heterocycles. The van der Waals surface area contributed by atoms with Crippen LogP contribution in [0.1, 0.15) is 5.69 Å². The second kappa shape index (κ2) is 3.00. The first kappa shape index (κ1) is 8.51. The molecule has 13 heavy (non-hydrogen) atoms. The van der Waals surface area contributed by atoms with Crippen molar-refractivity contribution in [1.82, 2.24) is 4.98 Å². The molecule has 0 saturated heterocycles. The van der Waals surface area contributed by atoms with E-state index in [4.69, 9.17) is 0 Å². The molecule has 0 amide bonds. The van der Waals surface area contributed by atoms with Gasteiger partial charge in [0.25, 0.3) is 0 Å². The number of aromatic nitrogens is 1. The van der Waals surface area contributed by atoms with Crippen molar-refractivity contribution in [3.63, 3.8) is 0 Å². The molecule has 1 aromatic carbocycles. The smallest absolute Gasteiger partial charge is 0.131 e. The molecule has 0 unspecified atom stereocenters. The number of hydrogen-bond donors (Lipinski definition) is 1. The third kappa shape index (κ3) is 1.52. The molecule has 0 fully saturated rings. The first-order valence-electron chi connectivity index (χ1n) is 3.93. The number of fused-ring (bicyclic) bond motifs is 1. The third-order valence-corrected chi connectivity index (χ3v) is 2.53. The fourth-order valence-corrected chi connectivity index (χ4v) is 1.60. The van der Waals surface area contributed by atoms with Gasteiger partial charge in [0, 0.05) is 17.1 Å². The maximum absolute atomic E-state index is 9.42. The van der Waals surface area contributed by atoms with E-state index >= 15 is 0 Å². The number of pyridine rings is 1. The number of nitrogens with zero attached hydrogens (tertiary/aromatic N) is 1. The lowest BCUT2D eigenvalue weighted by Crippen LogP contribution is -1.82. The van der Waals surface area contributed by atoms with Crippen LogP contribution in [0.5, 0.6) is 5.75 Å². The molecule has 0 bridgehead atoms. The normalized spacial score (nSPS) is 10.6. The van der Waals surface area contributed by atoms with Crippen molar-refractivity contribution in [2.45, 2.75) is 6.92 Å². The molecule has 2 nitrogen and oxygen atoms in total. The van der Waals surface area contributed by atoms with Crippen LogP contribution in [-0.4, -0.2) is 10.1 Å². The number of aromatic hydroxyl groups is 1. The monoisotopic (exact) mass is 237 g/mol. The van der Waals surface area contributed by atoms with E-state index in [0.29, 0.717) is 4.47 Å². The summed E-state index contributed by atoms with van der Waals surface area (Å²) in [6.07, 6.45) is 0. The summed E-state index contributed by atoms with van der Waals surface area (Å²) in [5, 5.41) is 10.4. The topological polar surface area (TPSA) is 33.1 Å². The highest BCUT2D eigenvalue weighted by molar-refractivity contribution is 9.10. The maximum Gasteiger partial charge on any atom is 0.131 e. The van der Waals surface area contributed by atoms with Crippen LogP contribution >= 0.6 is 15.9 Å². The van der Waals surface area contributed by atoms with Crippen LogP contribution in [0, 0.1) is 6.92 Å². The van der Waals surface area contributed by atoms with E-state index in [0.717, 1.165) is 16.6 Å². The molecular weight excluding hydrogens is 230 g/mol. The fourth-order valence-electron chi connectivity index (χ4n) is 1.23. The van der Waals surface area contributed by atoms with Gasteiger partial charge in [-0.2, -0.15) is 0 Å². The molecule has 1 heterocycles. The molecule has 0 radical (unpaired) electrons. The van der Waals surface area contributed by atoms with Gasteiger partial charge in [0.15, 0.2) is 0 Å². The highest BCUT2D eigenvalue weighted by Crippen LogP contribution is 2.28. The second-order valence-electron chi connectivity index (χ2n) is 2.95. The molecule has 66 valence electrons. The van der Waals surface area contributed by atoms with Gasteiger partial charge in [-0.3, -0.25) is 4.98 Å². The van der Waals surface area contributed by atoms with Crippen LogP contribution in [0.4, 0.5) is 0 Å². The van der Waals surface area contributed by atoms with Crippen LogP contribution < -0.4 is 0 Å². The van der Waals surface area contributed by atoms with Gasteiger partial charge >= 0.3 is 0 Å². The van der Waals surface area contributed by atoms with Gasteiger partial charge in [-0.1, -0.05) is 6.07 Å². The van der Waals surface area contributed by atoms with Crippen LogP contribution in [0.15, 0.2) is 28.7 Å². The third-order valence-electron chi connectivity index (χ3n) is 1.90. The average Bonchev–Trinajstić information content (AvgIpc) is 2.08. The fraction of sp³-hybridized carbons (Fsp3) is 0.100. The van der Waals surface area contributed by atoms with E-state index in [2.05, 4.69) is 20.9 Å². The molecule has 0 saturated carbocycles. The first-order chi connectivity index (χ1) is 6.16. The molecule has 1 N–H and O–H groups in total. The Bertz CT molecular complexity index is 468. The zero-order valence-corrected chi connectivity index (χ0v) is 8.67. The first-order valence-corrected chi connectivity index (χ1v) is 4.72. The van der Waals surface area contributed by atoms with Gasteiger partial charge in [-0.05, 0) is 35.0 Å². The van der Waals surface area contributed by atoms with Gasteiger partial charge in [-0.15, -0.1) is 0 Å². The minimum absolute atomic E-state index is 0.227. The number of phenolic OH excluding ortho intramolecular Hbond substituents is 1. The number of hydrogen-bond acceptors (Lipinski definition) is 2. The lowest BCUT2D eigenvalue weighted by Gasteiger charge is -2.01. The molecule has 0 atom stereocenters. The molecule has 0 aliphatic rings. The van der Waals surface area contributed by atoms with Crippen molar-refractivity contribution in [2.24, 2.45) is 0 Å². The summed E-state index contributed by atoms with van der Waals surface area (Å²) in [5.41, 5.74) is 1.77. The summed E-state index contributed by atoms with van der Waals surface area (Å²) < 4.78 is 0.700. The van der Waals surface area contributed by atoms with E-state index in [1.165, 1.54) is 0 Å². The summed E-state index contributed by atoms with van der Waals surface area (Å²) in [4.78, 5) is 4.30. The summed E-state index contributed by atoms with van der Waals surface area (Å²) in [6, 6.07) is 7.46. The van der Waals surface area contributed by atoms with Crippen molar-refractivity contribution < 1.29 is 5.11 Å². The van der Waals surface area contributed by atoms with Gasteiger partial charge in [-0.25, -0.2) is 0 Å². The van der Waals surface area contributed by atoms with E-state index in [1.54, 1.807) is 6.07 Å². The lowest BCUT2D eigenvalue weighted by molar-refractivity contribution is 0.472. The Kier molecular flexibility index (Phi) is 1.96. The predicted octanol–water partition coefficient (Wildman–Crippen LogP) is 3.01. The Morgan fingerprint density at radius 3 is 2.85 bits per heavy atom. The number of phenols is 1. The van der Waals surface area contributed by atoms with E-state index in [1.807, 2.05) is 25.1 Å². The molecule has 0 aliphatic carbocycles. The summed E-state index contributed by atoms with van der Waals surface area (Å²) >= 11 is 3.26. The minimum Gasteiger partial charge on any atom is -0.507 e. The molecule has 2 aromatic rings. The Balaban J connectivity index is 2.81. The van der Waals surface area contributed by atoms with Crippen molar-refractivity contribution in [1.29, 1.82) is 0 Å². The van der Waals surface area contributed by atoms with Gasteiger partial charge < -0.3 is 5.11 Å². The Morgan fingerprint density at radius 2 is 2.08 bits per heavy atom. The standard InChI is InChI=1S/C10H8BrNO/c1-6-2-3-7-4-8(11)10(13)5-9(7)12-6/h2-5,13H,1H3. The van der Waals surface area contributed by atoms with Crippen LogP contribution in [0.2, 0.25) is 0 Å². The van der Waals surface area contributed by atoms with Crippen LogP contribution in [0.3, 0.4) is 0 Å². The number of aryl methyl sites for hydroxylation is 1. The maximum atomic E-state index is 9.42. The SMILES string of the molecule is Cc1ccc2cc(Br)c(O)cc2n1. The predicted molar refractivity (Wildman–Crippen MR) is 55.8 cm³/mol. The van der Waals surface area contributed by atoms with Crippen LogP contribution in [0.25, 0.3) is 10.9 Å². The molecule has 0 spiro atoms. The van der Waals surface area contributed by atoms with Crippen molar-refractivity contribution >= 4 is 26.8 Å². The molecular formula is C10H8BrNO. The summed E-state index contributed by atoms with van der Waals surface area (Å²) in [6.45, 7) is 1.93. The Morgan fingerprint density at radius 1 is 1.31 bits per heavy atom.